The smallest absolute Gasteiger partial charge is 0.145 e. The molecule has 2 unspecified atom stereocenters. The molecule has 2 atom stereocenters. The molecule has 1 saturated carbocycles. The van der Waals surface area contributed by atoms with Crippen LogP contribution in [0.15, 0.2) is 42.7 Å². The van der Waals surface area contributed by atoms with E-state index in [0.717, 1.165) is 30.7 Å². The van der Waals surface area contributed by atoms with Gasteiger partial charge in [0.2, 0.25) is 0 Å². The molecule has 0 amide bonds. The predicted molar refractivity (Wildman–Crippen MR) is 98.8 cm³/mol. The van der Waals surface area contributed by atoms with Gasteiger partial charge in [-0.25, -0.2) is 9.37 Å². The molecule has 134 valence electrons. The number of ether oxygens (including phenoxy) is 1. The van der Waals surface area contributed by atoms with Crippen molar-refractivity contribution in [2.24, 2.45) is 11.3 Å². The second-order valence-corrected chi connectivity index (χ2v) is 7.96. The molecule has 2 fully saturated rings. The number of rotatable bonds is 5. The second kappa shape index (κ2) is 5.96. The number of hydrogen-bond donors (Lipinski definition) is 1. The van der Waals surface area contributed by atoms with E-state index >= 15 is 0 Å². The highest BCUT2D eigenvalue weighted by molar-refractivity contribution is 6.30. The highest BCUT2D eigenvalue weighted by atomic mass is 35.5. The summed E-state index contributed by atoms with van der Waals surface area (Å²) in [5.41, 5.74) is 3.58. The lowest BCUT2D eigenvalue weighted by molar-refractivity contribution is 0.200. The lowest BCUT2D eigenvalue weighted by atomic mass is 10.1. The number of aromatic nitrogens is 2. The number of aromatic amines is 1. The molecule has 4 nitrogen and oxygen atoms in total. The first-order valence-corrected chi connectivity index (χ1v) is 9.21. The van der Waals surface area contributed by atoms with E-state index < -0.39 is 5.82 Å². The Kier molecular flexibility index (Phi) is 3.69. The average molecular weight is 372 g/mol. The van der Waals surface area contributed by atoms with Crippen molar-refractivity contribution in [3.63, 3.8) is 0 Å². The molecule has 0 radical (unpaired) electrons. The zero-order valence-corrected chi connectivity index (χ0v) is 15.0. The van der Waals surface area contributed by atoms with E-state index in [0.29, 0.717) is 18.3 Å². The number of imidazole rings is 1. The number of halogens is 2. The minimum absolute atomic E-state index is 0.126. The molecule has 5 rings (SSSR count). The summed E-state index contributed by atoms with van der Waals surface area (Å²) >= 11 is 5.73. The zero-order chi connectivity index (χ0) is 17.7. The van der Waals surface area contributed by atoms with E-state index in [1.54, 1.807) is 18.5 Å². The van der Waals surface area contributed by atoms with Crippen LogP contribution in [0.5, 0.6) is 5.75 Å². The van der Waals surface area contributed by atoms with Gasteiger partial charge in [0.05, 0.1) is 29.0 Å². The Bertz CT molecular complexity index is 975. The molecular weight excluding hydrogens is 353 g/mol. The number of piperidine rings is 1. The molecule has 0 spiro atoms. The van der Waals surface area contributed by atoms with Crippen molar-refractivity contribution in [1.29, 1.82) is 0 Å². The molecule has 1 N–H and O–H groups in total. The normalized spacial score (nSPS) is 24.8. The number of likely N-dealkylation sites (tertiary alicyclic amines) is 1. The molecule has 3 aromatic rings. The van der Waals surface area contributed by atoms with Crippen molar-refractivity contribution >= 4 is 22.6 Å². The zero-order valence-electron chi connectivity index (χ0n) is 14.2. The number of nitrogens with one attached hydrogen (secondary N) is 1. The monoisotopic (exact) mass is 371 g/mol. The van der Waals surface area contributed by atoms with Crippen LogP contribution >= 0.6 is 11.6 Å². The summed E-state index contributed by atoms with van der Waals surface area (Å²) in [6.45, 7) is 3.69. The maximum absolute atomic E-state index is 13.6. The maximum Gasteiger partial charge on any atom is 0.145 e. The van der Waals surface area contributed by atoms with E-state index in [1.165, 1.54) is 18.1 Å². The summed E-state index contributed by atoms with van der Waals surface area (Å²) < 4.78 is 19.4. The molecule has 1 saturated heterocycles. The van der Waals surface area contributed by atoms with Crippen LogP contribution in [0, 0.1) is 17.2 Å². The highest BCUT2D eigenvalue weighted by Crippen LogP contribution is 2.58. The first kappa shape index (κ1) is 16.1. The van der Waals surface area contributed by atoms with E-state index in [1.807, 2.05) is 0 Å². The Morgan fingerprint density at radius 2 is 2.23 bits per heavy atom. The van der Waals surface area contributed by atoms with Crippen molar-refractivity contribution in [3.05, 3.63) is 59.1 Å². The van der Waals surface area contributed by atoms with Gasteiger partial charge in [-0.3, -0.25) is 4.90 Å². The summed E-state index contributed by atoms with van der Waals surface area (Å²) in [7, 11) is 0. The Labute approximate surface area is 155 Å². The van der Waals surface area contributed by atoms with Gasteiger partial charge < -0.3 is 9.72 Å². The molecule has 2 heterocycles. The van der Waals surface area contributed by atoms with Crippen molar-refractivity contribution < 1.29 is 9.13 Å². The molecule has 26 heavy (non-hydrogen) atoms. The van der Waals surface area contributed by atoms with Crippen molar-refractivity contribution in [2.45, 2.75) is 13.0 Å². The van der Waals surface area contributed by atoms with Crippen LogP contribution in [0.4, 0.5) is 4.39 Å². The number of fused-ring (bicyclic) bond motifs is 2. The number of benzene rings is 2. The maximum atomic E-state index is 13.6. The summed E-state index contributed by atoms with van der Waals surface area (Å²) in [4.78, 5) is 9.92. The molecule has 1 aliphatic carbocycles. The molecule has 2 aliphatic rings. The van der Waals surface area contributed by atoms with Crippen LogP contribution in [0.25, 0.3) is 11.0 Å². The molecule has 1 aromatic heterocycles. The van der Waals surface area contributed by atoms with Gasteiger partial charge >= 0.3 is 0 Å². The summed E-state index contributed by atoms with van der Waals surface area (Å²) in [5.74, 6) is 0.793. The minimum atomic E-state index is -0.434. The third kappa shape index (κ3) is 2.85. The van der Waals surface area contributed by atoms with Gasteiger partial charge in [-0.2, -0.15) is 0 Å². The summed E-state index contributed by atoms with van der Waals surface area (Å²) in [6.07, 6.45) is 2.92. The van der Waals surface area contributed by atoms with Crippen molar-refractivity contribution in [1.82, 2.24) is 14.9 Å². The number of hydrogen-bond acceptors (Lipinski definition) is 3. The fourth-order valence-corrected chi connectivity index (χ4v) is 4.30. The predicted octanol–water partition coefficient (Wildman–Crippen LogP) is 4.26. The van der Waals surface area contributed by atoms with Crippen LogP contribution in [0.3, 0.4) is 0 Å². The molecular formula is C20H19ClFN3O. The van der Waals surface area contributed by atoms with Crippen LogP contribution in [-0.2, 0) is 6.54 Å². The lowest BCUT2D eigenvalue weighted by Gasteiger charge is -2.21. The van der Waals surface area contributed by atoms with E-state index in [4.69, 9.17) is 16.3 Å². The fraction of sp³-hybridized carbons (Fsp3) is 0.350. The quantitative estimate of drug-likeness (QED) is 0.728. The fourth-order valence-electron chi connectivity index (χ4n) is 4.18. The Morgan fingerprint density at radius 1 is 1.31 bits per heavy atom. The van der Waals surface area contributed by atoms with E-state index in [-0.39, 0.29) is 10.4 Å². The van der Waals surface area contributed by atoms with Gasteiger partial charge in [-0.05, 0) is 42.2 Å². The number of nitrogens with zero attached hydrogens (tertiary/aromatic N) is 2. The standard InChI is InChI=1S/C20H19ClFN3O/c21-16-3-2-15(6-17(16)22)26-11-20-7-14(20)9-25(10-20)8-13-1-4-18-19(5-13)24-12-23-18/h1-6,12,14H,7-11H2,(H,23,24). The van der Waals surface area contributed by atoms with Crippen molar-refractivity contribution in [3.8, 4) is 5.75 Å². The van der Waals surface area contributed by atoms with Gasteiger partial charge in [0.15, 0.2) is 0 Å². The van der Waals surface area contributed by atoms with Gasteiger partial charge in [0.1, 0.15) is 11.6 Å². The molecule has 0 bridgehead atoms. The van der Waals surface area contributed by atoms with Crippen molar-refractivity contribution in [2.75, 3.05) is 19.7 Å². The summed E-state index contributed by atoms with van der Waals surface area (Å²) in [5, 5.41) is 0.126. The van der Waals surface area contributed by atoms with Crippen LogP contribution in [0.1, 0.15) is 12.0 Å². The molecule has 2 aromatic carbocycles. The first-order valence-electron chi connectivity index (χ1n) is 8.84. The summed E-state index contributed by atoms with van der Waals surface area (Å²) in [6, 6.07) is 11.0. The topological polar surface area (TPSA) is 41.1 Å². The van der Waals surface area contributed by atoms with Crippen LogP contribution < -0.4 is 4.74 Å². The van der Waals surface area contributed by atoms with Gasteiger partial charge in [-0.15, -0.1) is 0 Å². The highest BCUT2D eigenvalue weighted by Gasteiger charge is 2.60. The van der Waals surface area contributed by atoms with Crippen LogP contribution in [0.2, 0.25) is 5.02 Å². The van der Waals surface area contributed by atoms with E-state index in [9.17, 15) is 4.39 Å². The Morgan fingerprint density at radius 3 is 3.12 bits per heavy atom. The van der Waals surface area contributed by atoms with Gasteiger partial charge in [-0.1, -0.05) is 17.7 Å². The lowest BCUT2D eigenvalue weighted by Crippen LogP contribution is -2.27. The van der Waals surface area contributed by atoms with Gasteiger partial charge in [0.25, 0.3) is 0 Å². The van der Waals surface area contributed by atoms with Gasteiger partial charge in [0, 0.05) is 31.1 Å². The molecule has 6 heteroatoms. The van der Waals surface area contributed by atoms with Crippen LogP contribution in [-0.4, -0.2) is 34.6 Å². The third-order valence-corrected chi connectivity index (χ3v) is 5.99. The third-order valence-electron chi connectivity index (χ3n) is 5.68. The second-order valence-electron chi connectivity index (χ2n) is 7.55. The van der Waals surface area contributed by atoms with E-state index in [2.05, 4.69) is 33.1 Å². The first-order chi connectivity index (χ1) is 12.6. The Hall–Kier alpha value is -2.11. The largest absolute Gasteiger partial charge is 0.493 e. The Balaban J connectivity index is 1.22. The SMILES string of the molecule is Fc1cc(OCC23CC2CN(Cc2ccc4nc[nH]c4c2)C3)ccc1Cl. The average Bonchev–Trinajstić information content (AvgIpc) is 2.96. The number of H-pyrrole nitrogens is 1. The minimum Gasteiger partial charge on any atom is -0.493 e. The molecule has 1 aliphatic heterocycles.